The third-order valence-corrected chi connectivity index (χ3v) is 6.75. The molecule has 0 aliphatic carbocycles. The summed E-state index contributed by atoms with van der Waals surface area (Å²) in [4.78, 5) is 12.3. The highest BCUT2D eigenvalue weighted by Crippen LogP contribution is 2.29. The van der Waals surface area contributed by atoms with Crippen LogP contribution in [0, 0.1) is 19.8 Å². The SMILES string of the molecule is Cc1nn(C)c(C)c1S(=O)(=O)N1CC[C@H]2C(=O)NCCO[C@H]2C1. The second-order valence-corrected chi connectivity index (χ2v) is 7.96. The lowest BCUT2D eigenvalue weighted by molar-refractivity contribution is -0.129. The molecule has 1 N–H and O–H groups in total. The first-order valence-corrected chi connectivity index (χ1v) is 9.16. The number of nitrogens with one attached hydrogen (secondary N) is 1. The molecule has 0 spiro atoms. The number of carbonyl (C=O) groups is 1. The Morgan fingerprint density at radius 1 is 1.35 bits per heavy atom. The standard InChI is InChI=1S/C14H22N4O4S/c1-9-13(10(2)17(3)16-9)23(20,21)18-6-4-11-12(8-18)22-7-5-15-14(11)19/h11-12H,4-8H2,1-3H3,(H,15,19)/t11-,12+/m1/s1. The number of rotatable bonds is 2. The Balaban J connectivity index is 1.89. The predicted octanol–water partition coefficient (Wildman–Crippen LogP) is -0.437. The molecule has 1 amide bonds. The van der Waals surface area contributed by atoms with Gasteiger partial charge in [0.2, 0.25) is 15.9 Å². The number of hydrogen-bond acceptors (Lipinski definition) is 5. The average Bonchev–Trinajstić information content (AvgIpc) is 2.66. The van der Waals surface area contributed by atoms with E-state index in [9.17, 15) is 13.2 Å². The van der Waals surface area contributed by atoms with Gasteiger partial charge < -0.3 is 10.1 Å². The highest BCUT2D eigenvalue weighted by atomic mass is 32.2. The van der Waals surface area contributed by atoms with Crippen molar-refractivity contribution in [2.24, 2.45) is 13.0 Å². The Bertz CT molecular complexity index is 727. The molecule has 0 aromatic carbocycles. The molecule has 0 radical (unpaired) electrons. The Morgan fingerprint density at radius 3 is 2.74 bits per heavy atom. The highest BCUT2D eigenvalue weighted by Gasteiger charge is 2.41. The Kier molecular flexibility index (Phi) is 4.19. The van der Waals surface area contributed by atoms with Crippen LogP contribution in [-0.2, 0) is 26.6 Å². The maximum absolute atomic E-state index is 13.0. The first-order valence-electron chi connectivity index (χ1n) is 7.72. The third kappa shape index (κ3) is 2.77. The van der Waals surface area contributed by atoms with Crippen molar-refractivity contribution in [1.82, 2.24) is 19.4 Å². The van der Waals surface area contributed by atoms with Crippen molar-refractivity contribution in [1.29, 1.82) is 0 Å². The van der Waals surface area contributed by atoms with Crippen LogP contribution in [0.5, 0.6) is 0 Å². The van der Waals surface area contributed by atoms with E-state index in [0.29, 0.717) is 37.5 Å². The van der Waals surface area contributed by atoms with Gasteiger partial charge in [0.15, 0.2) is 0 Å². The van der Waals surface area contributed by atoms with Crippen LogP contribution < -0.4 is 5.32 Å². The zero-order chi connectivity index (χ0) is 16.8. The fourth-order valence-electron chi connectivity index (χ4n) is 3.35. The molecule has 1 aromatic heterocycles. The van der Waals surface area contributed by atoms with Crippen molar-refractivity contribution < 1.29 is 17.9 Å². The fraction of sp³-hybridized carbons (Fsp3) is 0.714. The first kappa shape index (κ1) is 16.4. The van der Waals surface area contributed by atoms with E-state index in [-0.39, 0.29) is 23.3 Å². The van der Waals surface area contributed by atoms with E-state index in [1.165, 1.54) is 4.31 Å². The fourth-order valence-corrected chi connectivity index (χ4v) is 5.21. The summed E-state index contributed by atoms with van der Waals surface area (Å²) in [6.45, 7) is 4.84. The third-order valence-electron chi connectivity index (χ3n) is 4.63. The molecule has 2 aliphatic rings. The zero-order valence-corrected chi connectivity index (χ0v) is 14.4. The molecule has 1 aromatic rings. The molecular weight excluding hydrogens is 320 g/mol. The molecule has 128 valence electrons. The number of carbonyl (C=O) groups excluding carboxylic acids is 1. The molecule has 2 fully saturated rings. The van der Waals surface area contributed by atoms with Crippen LogP contribution in [-0.4, -0.2) is 60.8 Å². The van der Waals surface area contributed by atoms with Gasteiger partial charge in [0.05, 0.1) is 30.0 Å². The van der Waals surface area contributed by atoms with Crippen molar-refractivity contribution in [2.75, 3.05) is 26.2 Å². The molecule has 0 unspecified atom stereocenters. The van der Waals surface area contributed by atoms with Gasteiger partial charge >= 0.3 is 0 Å². The second-order valence-electron chi connectivity index (χ2n) is 6.08. The van der Waals surface area contributed by atoms with Crippen molar-refractivity contribution in [2.45, 2.75) is 31.3 Å². The normalized spacial score (nSPS) is 26.5. The van der Waals surface area contributed by atoms with E-state index >= 15 is 0 Å². The van der Waals surface area contributed by atoms with Crippen molar-refractivity contribution in [3.8, 4) is 0 Å². The van der Waals surface area contributed by atoms with E-state index in [0.717, 1.165) is 0 Å². The minimum Gasteiger partial charge on any atom is -0.374 e. The summed E-state index contributed by atoms with van der Waals surface area (Å²) in [6, 6.07) is 0. The van der Waals surface area contributed by atoms with E-state index in [2.05, 4.69) is 10.4 Å². The minimum absolute atomic E-state index is 0.0433. The van der Waals surface area contributed by atoms with Crippen LogP contribution in [0.4, 0.5) is 0 Å². The first-order chi connectivity index (χ1) is 10.8. The molecule has 2 atom stereocenters. The quantitative estimate of drug-likeness (QED) is 0.787. The van der Waals surface area contributed by atoms with Gasteiger partial charge in [0, 0.05) is 26.7 Å². The zero-order valence-electron chi connectivity index (χ0n) is 13.6. The summed E-state index contributed by atoms with van der Waals surface area (Å²) in [5.41, 5.74) is 1.11. The van der Waals surface area contributed by atoms with Gasteiger partial charge in [-0.1, -0.05) is 0 Å². The number of hydrogen-bond donors (Lipinski definition) is 1. The second kappa shape index (κ2) is 5.88. The van der Waals surface area contributed by atoms with Crippen molar-refractivity contribution in [3.05, 3.63) is 11.4 Å². The Hall–Kier alpha value is -1.45. The van der Waals surface area contributed by atoms with Gasteiger partial charge in [0.25, 0.3) is 0 Å². The number of aromatic nitrogens is 2. The number of aryl methyl sites for hydroxylation is 2. The lowest BCUT2D eigenvalue weighted by atomic mass is 9.94. The Morgan fingerprint density at radius 2 is 2.09 bits per heavy atom. The molecule has 2 saturated heterocycles. The van der Waals surface area contributed by atoms with Crippen LogP contribution >= 0.6 is 0 Å². The topological polar surface area (TPSA) is 93.5 Å². The largest absolute Gasteiger partial charge is 0.374 e. The minimum atomic E-state index is -3.64. The number of amides is 1. The maximum Gasteiger partial charge on any atom is 0.246 e. The number of nitrogens with zero attached hydrogens (tertiary/aromatic N) is 3. The molecule has 0 bridgehead atoms. The molecule has 8 nitrogen and oxygen atoms in total. The molecule has 0 saturated carbocycles. The Labute approximate surface area is 135 Å². The summed E-state index contributed by atoms with van der Waals surface area (Å²) in [7, 11) is -1.92. The number of sulfonamides is 1. The van der Waals surface area contributed by atoms with Gasteiger partial charge in [-0.25, -0.2) is 8.42 Å². The molecule has 2 aliphatic heterocycles. The highest BCUT2D eigenvalue weighted by molar-refractivity contribution is 7.89. The number of piperidine rings is 1. The van der Waals surface area contributed by atoms with Crippen LogP contribution in [0.3, 0.4) is 0 Å². The molecular formula is C14H22N4O4S. The summed E-state index contributed by atoms with van der Waals surface area (Å²) >= 11 is 0. The van der Waals surface area contributed by atoms with E-state index in [1.54, 1.807) is 25.6 Å². The predicted molar refractivity (Wildman–Crippen MR) is 82.3 cm³/mol. The lowest BCUT2D eigenvalue weighted by Crippen LogP contribution is -2.50. The van der Waals surface area contributed by atoms with Gasteiger partial charge in [-0.15, -0.1) is 0 Å². The van der Waals surface area contributed by atoms with Crippen molar-refractivity contribution in [3.63, 3.8) is 0 Å². The van der Waals surface area contributed by atoms with Gasteiger partial charge in [-0.2, -0.15) is 9.40 Å². The van der Waals surface area contributed by atoms with Gasteiger partial charge in [-0.3, -0.25) is 9.48 Å². The van der Waals surface area contributed by atoms with Gasteiger partial charge in [0.1, 0.15) is 4.90 Å². The molecule has 3 heterocycles. The number of fused-ring (bicyclic) bond motifs is 1. The summed E-state index contributed by atoms with van der Waals surface area (Å²) < 4.78 is 34.7. The van der Waals surface area contributed by atoms with E-state index in [4.69, 9.17) is 4.74 Å². The van der Waals surface area contributed by atoms with Gasteiger partial charge in [-0.05, 0) is 20.3 Å². The van der Waals surface area contributed by atoms with Crippen LogP contribution in [0.25, 0.3) is 0 Å². The average molecular weight is 342 g/mol. The maximum atomic E-state index is 13.0. The van der Waals surface area contributed by atoms with E-state index < -0.39 is 16.1 Å². The van der Waals surface area contributed by atoms with Crippen molar-refractivity contribution >= 4 is 15.9 Å². The summed E-state index contributed by atoms with van der Waals surface area (Å²) in [5.74, 6) is -0.321. The molecule has 3 rings (SSSR count). The lowest BCUT2D eigenvalue weighted by Gasteiger charge is -2.35. The van der Waals surface area contributed by atoms with Crippen LogP contribution in [0.2, 0.25) is 0 Å². The molecule has 23 heavy (non-hydrogen) atoms. The molecule has 9 heteroatoms. The van der Waals surface area contributed by atoms with Crippen LogP contribution in [0.1, 0.15) is 17.8 Å². The number of ether oxygens (including phenoxy) is 1. The van der Waals surface area contributed by atoms with E-state index in [1.807, 2.05) is 0 Å². The smallest absolute Gasteiger partial charge is 0.246 e. The van der Waals surface area contributed by atoms with Crippen LogP contribution in [0.15, 0.2) is 4.90 Å². The summed E-state index contributed by atoms with van der Waals surface area (Å²) in [6.07, 6.45) is 0.0759. The summed E-state index contributed by atoms with van der Waals surface area (Å²) in [5, 5.41) is 7.00. The monoisotopic (exact) mass is 342 g/mol.